The van der Waals surface area contributed by atoms with E-state index in [0.29, 0.717) is 17.7 Å². The Morgan fingerprint density at radius 1 is 1.45 bits per heavy atom. The van der Waals surface area contributed by atoms with Crippen molar-refractivity contribution < 1.29 is 9.53 Å². The van der Waals surface area contributed by atoms with Crippen LogP contribution >= 0.6 is 11.8 Å². The Bertz CT molecular complexity index is 450. The third kappa shape index (κ3) is 3.76. The van der Waals surface area contributed by atoms with Gasteiger partial charge in [0.2, 0.25) is 0 Å². The van der Waals surface area contributed by atoms with Gasteiger partial charge in [0.05, 0.1) is 13.5 Å². The maximum atomic E-state index is 11.2. The Morgan fingerprint density at radius 3 is 3.00 bits per heavy atom. The fourth-order valence-corrected chi connectivity index (χ4v) is 4.24. The van der Waals surface area contributed by atoms with E-state index in [1.807, 2.05) is 18.8 Å². The number of esters is 1. The summed E-state index contributed by atoms with van der Waals surface area (Å²) in [6.45, 7) is 0. The summed E-state index contributed by atoms with van der Waals surface area (Å²) in [7, 11) is 3.48. The number of aryl methyl sites for hydroxylation is 1. The largest absolute Gasteiger partial charge is 0.469 e. The van der Waals surface area contributed by atoms with E-state index >= 15 is 0 Å². The Labute approximate surface area is 125 Å². The minimum atomic E-state index is -0.118. The molecule has 2 atom stereocenters. The summed E-state index contributed by atoms with van der Waals surface area (Å²) in [5, 5.41) is 3.99. The fourth-order valence-electron chi connectivity index (χ4n) is 2.84. The molecule has 0 amide bonds. The molecule has 0 saturated carbocycles. The molecule has 2 unspecified atom stereocenters. The van der Waals surface area contributed by atoms with Crippen LogP contribution in [0.2, 0.25) is 0 Å². The molecule has 0 fully saturated rings. The number of nitrogens with one attached hydrogen (secondary N) is 1. The van der Waals surface area contributed by atoms with Gasteiger partial charge in [0, 0.05) is 17.0 Å². The van der Waals surface area contributed by atoms with Crippen molar-refractivity contribution in [2.45, 2.75) is 37.0 Å². The number of carbonyl (C=O) groups excluding carboxylic acids is 1. The first-order valence-electron chi connectivity index (χ1n) is 7.19. The summed E-state index contributed by atoms with van der Waals surface area (Å²) in [6, 6.07) is 9.08. The zero-order valence-electron chi connectivity index (χ0n) is 12.2. The summed E-state index contributed by atoms with van der Waals surface area (Å²) >= 11 is 1.89. The summed E-state index contributed by atoms with van der Waals surface area (Å²) in [5.41, 5.74) is 2.88. The first-order valence-corrected chi connectivity index (χ1v) is 8.24. The van der Waals surface area contributed by atoms with E-state index in [-0.39, 0.29) is 5.97 Å². The van der Waals surface area contributed by atoms with E-state index in [1.165, 1.54) is 31.1 Å². The maximum absolute atomic E-state index is 11.2. The highest BCUT2D eigenvalue weighted by Gasteiger charge is 2.26. The number of carbonyl (C=O) groups is 1. The predicted octanol–water partition coefficient (Wildman–Crippen LogP) is 2.95. The van der Waals surface area contributed by atoms with Crippen LogP contribution in [0.5, 0.6) is 0 Å². The number of hydrogen-bond donors (Lipinski definition) is 1. The lowest BCUT2D eigenvalue weighted by Gasteiger charge is -2.26. The third-order valence-electron chi connectivity index (χ3n) is 3.87. The normalized spacial score (nSPS) is 21.9. The SMILES string of the molecule is CNC1c2ccccc2CCCC1SCCC(=O)OC. The van der Waals surface area contributed by atoms with Crippen molar-refractivity contribution in [1.82, 2.24) is 5.32 Å². The number of fused-ring (bicyclic) bond motifs is 1. The minimum Gasteiger partial charge on any atom is -0.469 e. The molecule has 0 bridgehead atoms. The molecule has 2 rings (SSSR count). The number of benzene rings is 1. The Balaban J connectivity index is 2.04. The second-order valence-corrected chi connectivity index (χ2v) is 6.44. The van der Waals surface area contributed by atoms with Crippen molar-refractivity contribution in [3.05, 3.63) is 35.4 Å². The molecule has 1 aromatic rings. The molecule has 1 N–H and O–H groups in total. The number of rotatable bonds is 5. The van der Waals surface area contributed by atoms with Gasteiger partial charge in [-0.3, -0.25) is 4.79 Å². The van der Waals surface area contributed by atoms with Crippen LogP contribution in [-0.2, 0) is 16.0 Å². The Hall–Kier alpha value is -1.00. The molecule has 1 aliphatic rings. The molecule has 0 saturated heterocycles. The molecule has 0 aliphatic heterocycles. The Morgan fingerprint density at radius 2 is 2.25 bits per heavy atom. The summed E-state index contributed by atoms with van der Waals surface area (Å²) < 4.78 is 4.71. The van der Waals surface area contributed by atoms with Gasteiger partial charge in [-0.25, -0.2) is 0 Å². The van der Waals surface area contributed by atoms with Gasteiger partial charge >= 0.3 is 5.97 Å². The van der Waals surface area contributed by atoms with Crippen molar-refractivity contribution in [3.63, 3.8) is 0 Å². The monoisotopic (exact) mass is 293 g/mol. The molecule has 1 aromatic carbocycles. The van der Waals surface area contributed by atoms with Crippen molar-refractivity contribution in [2.75, 3.05) is 19.9 Å². The molecule has 0 radical (unpaired) electrons. The van der Waals surface area contributed by atoms with Gasteiger partial charge < -0.3 is 10.1 Å². The second-order valence-electron chi connectivity index (χ2n) is 5.09. The lowest BCUT2D eigenvalue weighted by Crippen LogP contribution is -2.27. The molecular weight excluding hydrogens is 270 g/mol. The molecule has 1 aliphatic carbocycles. The second kappa shape index (κ2) is 7.70. The molecule has 0 spiro atoms. The van der Waals surface area contributed by atoms with E-state index in [1.54, 1.807) is 0 Å². The van der Waals surface area contributed by atoms with Crippen LogP contribution in [0, 0.1) is 0 Å². The summed E-state index contributed by atoms with van der Waals surface area (Å²) in [4.78, 5) is 11.2. The van der Waals surface area contributed by atoms with Gasteiger partial charge in [-0.2, -0.15) is 11.8 Å². The minimum absolute atomic E-state index is 0.118. The van der Waals surface area contributed by atoms with E-state index in [9.17, 15) is 4.79 Å². The Kier molecular flexibility index (Phi) is 5.92. The van der Waals surface area contributed by atoms with Crippen LogP contribution < -0.4 is 5.32 Å². The quantitative estimate of drug-likeness (QED) is 0.669. The molecule has 3 nitrogen and oxygen atoms in total. The van der Waals surface area contributed by atoms with Crippen molar-refractivity contribution in [2.24, 2.45) is 0 Å². The van der Waals surface area contributed by atoms with Gasteiger partial charge in [-0.1, -0.05) is 24.3 Å². The maximum Gasteiger partial charge on any atom is 0.306 e. The molecular formula is C16H23NO2S. The highest BCUT2D eigenvalue weighted by molar-refractivity contribution is 7.99. The first-order chi connectivity index (χ1) is 9.76. The van der Waals surface area contributed by atoms with Crippen LogP contribution in [0.4, 0.5) is 0 Å². The van der Waals surface area contributed by atoms with Crippen LogP contribution in [0.15, 0.2) is 24.3 Å². The van der Waals surface area contributed by atoms with Crippen LogP contribution in [0.1, 0.15) is 36.4 Å². The zero-order valence-corrected chi connectivity index (χ0v) is 13.0. The van der Waals surface area contributed by atoms with Gasteiger partial charge in [-0.15, -0.1) is 0 Å². The van der Waals surface area contributed by atoms with Gasteiger partial charge in [0.1, 0.15) is 0 Å². The van der Waals surface area contributed by atoms with Crippen molar-refractivity contribution in [1.29, 1.82) is 0 Å². The average Bonchev–Trinajstić information content (AvgIpc) is 2.65. The van der Waals surface area contributed by atoms with Crippen LogP contribution in [0.3, 0.4) is 0 Å². The van der Waals surface area contributed by atoms with Gasteiger partial charge in [0.15, 0.2) is 0 Å². The lowest BCUT2D eigenvalue weighted by molar-refractivity contribution is -0.140. The van der Waals surface area contributed by atoms with Gasteiger partial charge in [0.25, 0.3) is 0 Å². The van der Waals surface area contributed by atoms with E-state index < -0.39 is 0 Å². The lowest BCUT2D eigenvalue weighted by atomic mass is 9.99. The fraction of sp³-hybridized carbons (Fsp3) is 0.562. The number of hydrogen-bond acceptors (Lipinski definition) is 4. The molecule has 0 aromatic heterocycles. The smallest absolute Gasteiger partial charge is 0.306 e. The summed E-state index contributed by atoms with van der Waals surface area (Å²) in [6.07, 6.45) is 4.05. The van der Waals surface area contributed by atoms with Gasteiger partial charge in [-0.05, 0) is 37.4 Å². The molecule has 20 heavy (non-hydrogen) atoms. The average molecular weight is 293 g/mol. The summed E-state index contributed by atoms with van der Waals surface area (Å²) in [5.74, 6) is 0.713. The van der Waals surface area contributed by atoms with Crippen LogP contribution in [0.25, 0.3) is 0 Å². The zero-order chi connectivity index (χ0) is 14.4. The van der Waals surface area contributed by atoms with E-state index in [2.05, 4.69) is 29.6 Å². The third-order valence-corrected chi connectivity index (χ3v) is 5.25. The topological polar surface area (TPSA) is 38.3 Å². The predicted molar refractivity (Wildman–Crippen MR) is 84.1 cm³/mol. The van der Waals surface area contributed by atoms with E-state index in [4.69, 9.17) is 4.74 Å². The number of thioether (sulfide) groups is 1. The van der Waals surface area contributed by atoms with Crippen molar-refractivity contribution >= 4 is 17.7 Å². The number of ether oxygens (including phenoxy) is 1. The highest BCUT2D eigenvalue weighted by Crippen LogP contribution is 2.35. The first kappa shape index (κ1) is 15.4. The number of methoxy groups -OCH3 is 1. The molecule has 0 heterocycles. The van der Waals surface area contributed by atoms with Crippen molar-refractivity contribution in [3.8, 4) is 0 Å². The van der Waals surface area contributed by atoms with E-state index in [0.717, 1.165) is 12.2 Å². The van der Waals surface area contributed by atoms with Crippen LogP contribution in [-0.4, -0.2) is 31.1 Å². The highest BCUT2D eigenvalue weighted by atomic mass is 32.2. The molecule has 110 valence electrons. The molecule has 4 heteroatoms. The standard InChI is InChI=1S/C16H23NO2S/c1-17-16-13-8-4-3-6-12(13)7-5-9-14(16)20-11-10-15(18)19-2/h3-4,6,8,14,16-17H,5,7,9-11H2,1-2H3.